The van der Waals surface area contributed by atoms with Crippen molar-refractivity contribution in [1.82, 2.24) is 13.6 Å². The fourth-order valence-electron chi connectivity index (χ4n) is 2.08. The summed E-state index contributed by atoms with van der Waals surface area (Å²) in [4.78, 5) is 3.89. The molecule has 1 saturated heterocycles. The van der Waals surface area contributed by atoms with Crippen LogP contribution in [0.2, 0.25) is 5.02 Å². The first-order valence-corrected chi connectivity index (χ1v) is 8.12. The minimum absolute atomic E-state index is 0.196. The first kappa shape index (κ1) is 15.5. The molecule has 2 heterocycles. The average molecular weight is 320 g/mol. The van der Waals surface area contributed by atoms with Gasteiger partial charge in [-0.25, -0.2) is 0 Å². The second-order valence-corrected chi connectivity index (χ2v) is 7.39. The number of hydrogen-bond donors (Lipinski definition) is 0. The van der Waals surface area contributed by atoms with Crippen molar-refractivity contribution in [2.45, 2.75) is 18.9 Å². The van der Waals surface area contributed by atoms with Gasteiger partial charge in [0.1, 0.15) is 16.9 Å². The molecule has 1 fully saturated rings. The largest absolute Gasteiger partial charge is 0.487 e. The van der Waals surface area contributed by atoms with Crippen molar-refractivity contribution in [2.75, 3.05) is 27.2 Å². The summed E-state index contributed by atoms with van der Waals surface area (Å²) in [6.45, 7) is 0.851. The molecule has 20 heavy (non-hydrogen) atoms. The van der Waals surface area contributed by atoms with Gasteiger partial charge in [-0.2, -0.15) is 17.0 Å². The number of rotatable bonds is 4. The molecule has 0 aliphatic carbocycles. The highest BCUT2D eigenvalue weighted by atomic mass is 35.5. The van der Waals surface area contributed by atoms with Crippen molar-refractivity contribution >= 4 is 21.8 Å². The summed E-state index contributed by atoms with van der Waals surface area (Å²) in [5.41, 5.74) is 0. The van der Waals surface area contributed by atoms with Gasteiger partial charge < -0.3 is 4.74 Å². The number of piperidine rings is 1. The third kappa shape index (κ3) is 3.41. The Labute approximate surface area is 124 Å². The van der Waals surface area contributed by atoms with E-state index in [1.54, 1.807) is 12.3 Å². The Morgan fingerprint density at radius 1 is 1.50 bits per heavy atom. The van der Waals surface area contributed by atoms with Crippen molar-refractivity contribution in [2.24, 2.45) is 0 Å². The molecule has 1 aliphatic heterocycles. The third-order valence-corrected chi connectivity index (χ3v) is 5.35. The maximum Gasteiger partial charge on any atom is 0.281 e. The Morgan fingerprint density at radius 2 is 2.25 bits per heavy atom. The van der Waals surface area contributed by atoms with E-state index in [-0.39, 0.29) is 6.10 Å². The minimum atomic E-state index is -3.39. The molecular weight excluding hydrogens is 302 g/mol. The van der Waals surface area contributed by atoms with Crippen LogP contribution in [0.25, 0.3) is 0 Å². The van der Waals surface area contributed by atoms with Crippen LogP contribution in [0, 0.1) is 0 Å². The van der Waals surface area contributed by atoms with Crippen LogP contribution in [0.1, 0.15) is 12.8 Å². The summed E-state index contributed by atoms with van der Waals surface area (Å²) in [5.74, 6) is 0.538. The molecule has 2 rings (SSSR count). The second-order valence-electron chi connectivity index (χ2n) is 4.84. The van der Waals surface area contributed by atoms with E-state index < -0.39 is 10.2 Å². The van der Waals surface area contributed by atoms with E-state index in [0.29, 0.717) is 23.9 Å². The van der Waals surface area contributed by atoms with E-state index in [0.717, 1.165) is 12.8 Å². The normalized spacial score (nSPS) is 21.1. The first-order valence-electron chi connectivity index (χ1n) is 6.35. The van der Waals surface area contributed by atoms with Gasteiger partial charge in [-0.05, 0) is 12.8 Å². The molecule has 0 radical (unpaired) electrons. The number of ether oxygens (including phenoxy) is 1. The van der Waals surface area contributed by atoms with Crippen LogP contribution in [0.15, 0.2) is 18.5 Å². The molecule has 0 saturated carbocycles. The number of pyridine rings is 1. The van der Waals surface area contributed by atoms with E-state index in [4.69, 9.17) is 16.3 Å². The Hall–Kier alpha value is -0.890. The van der Waals surface area contributed by atoms with Crippen LogP contribution in [0.5, 0.6) is 5.75 Å². The molecule has 0 spiro atoms. The lowest BCUT2D eigenvalue weighted by Gasteiger charge is -2.33. The zero-order valence-electron chi connectivity index (χ0n) is 11.5. The van der Waals surface area contributed by atoms with Crippen LogP contribution >= 0.6 is 11.6 Å². The predicted molar refractivity (Wildman–Crippen MR) is 77.1 cm³/mol. The highest BCUT2D eigenvalue weighted by Crippen LogP contribution is 2.26. The fourth-order valence-corrected chi connectivity index (χ4v) is 3.42. The van der Waals surface area contributed by atoms with Gasteiger partial charge >= 0.3 is 0 Å². The summed E-state index contributed by atoms with van der Waals surface area (Å²) in [6, 6.07) is 1.68. The van der Waals surface area contributed by atoms with E-state index in [9.17, 15) is 8.42 Å². The van der Waals surface area contributed by atoms with E-state index in [2.05, 4.69) is 4.98 Å². The molecule has 0 bridgehead atoms. The summed E-state index contributed by atoms with van der Waals surface area (Å²) in [5, 5.41) is 0.431. The third-order valence-electron chi connectivity index (χ3n) is 3.16. The number of halogens is 1. The van der Waals surface area contributed by atoms with Crippen molar-refractivity contribution in [3.63, 3.8) is 0 Å². The fraction of sp³-hybridized carbons (Fsp3) is 0.583. The number of hydrogen-bond acceptors (Lipinski definition) is 4. The second kappa shape index (κ2) is 6.26. The van der Waals surface area contributed by atoms with E-state index in [1.165, 1.54) is 28.9 Å². The van der Waals surface area contributed by atoms with Gasteiger partial charge in [0.15, 0.2) is 0 Å². The number of aromatic nitrogens is 1. The molecule has 1 aliphatic rings. The number of nitrogens with zero attached hydrogens (tertiary/aromatic N) is 3. The van der Waals surface area contributed by atoms with Gasteiger partial charge in [0, 0.05) is 39.1 Å². The summed E-state index contributed by atoms with van der Waals surface area (Å²) in [7, 11) is -0.339. The Morgan fingerprint density at radius 3 is 2.90 bits per heavy atom. The van der Waals surface area contributed by atoms with Gasteiger partial charge in [-0.3, -0.25) is 4.98 Å². The quantitative estimate of drug-likeness (QED) is 0.841. The van der Waals surface area contributed by atoms with Gasteiger partial charge in [0.05, 0.1) is 6.54 Å². The maximum atomic E-state index is 12.1. The van der Waals surface area contributed by atoms with Gasteiger partial charge in [-0.1, -0.05) is 11.6 Å². The first-order chi connectivity index (χ1) is 9.41. The molecule has 112 valence electrons. The summed E-state index contributed by atoms with van der Waals surface area (Å²) >= 11 is 5.99. The van der Waals surface area contributed by atoms with Crippen molar-refractivity contribution < 1.29 is 13.2 Å². The van der Waals surface area contributed by atoms with E-state index >= 15 is 0 Å². The lowest BCUT2D eigenvalue weighted by molar-refractivity contribution is 0.127. The van der Waals surface area contributed by atoms with Crippen molar-refractivity contribution in [3.8, 4) is 5.75 Å². The van der Waals surface area contributed by atoms with Crippen LogP contribution in [0.3, 0.4) is 0 Å². The predicted octanol–water partition coefficient (Wildman–Crippen LogP) is 1.38. The van der Waals surface area contributed by atoms with Gasteiger partial charge in [0.2, 0.25) is 0 Å². The molecule has 1 unspecified atom stereocenters. The molecular formula is C12H18ClN3O3S. The molecule has 1 aromatic heterocycles. The Kier molecular flexibility index (Phi) is 4.85. The Bertz CT molecular complexity index is 565. The van der Waals surface area contributed by atoms with Gasteiger partial charge in [0.25, 0.3) is 10.2 Å². The van der Waals surface area contributed by atoms with Gasteiger partial charge in [-0.15, -0.1) is 0 Å². The highest BCUT2D eigenvalue weighted by molar-refractivity contribution is 7.86. The topological polar surface area (TPSA) is 62.7 Å². The Balaban J connectivity index is 2.07. The monoisotopic (exact) mass is 319 g/mol. The molecule has 8 heteroatoms. The van der Waals surface area contributed by atoms with Crippen LogP contribution in [-0.4, -0.2) is 55.3 Å². The molecule has 1 aromatic rings. The van der Waals surface area contributed by atoms with Crippen LogP contribution in [0.4, 0.5) is 0 Å². The smallest absolute Gasteiger partial charge is 0.281 e. The average Bonchev–Trinajstić information content (AvgIpc) is 2.41. The summed E-state index contributed by atoms with van der Waals surface area (Å²) in [6.07, 6.45) is 4.48. The van der Waals surface area contributed by atoms with Crippen LogP contribution in [-0.2, 0) is 10.2 Å². The molecule has 0 aromatic carbocycles. The van der Waals surface area contributed by atoms with Crippen LogP contribution < -0.4 is 4.74 Å². The lowest BCUT2D eigenvalue weighted by Crippen LogP contribution is -2.48. The van der Waals surface area contributed by atoms with E-state index in [1.807, 2.05) is 0 Å². The molecule has 0 N–H and O–H groups in total. The zero-order valence-corrected chi connectivity index (χ0v) is 13.1. The molecule has 1 atom stereocenters. The molecule has 6 nitrogen and oxygen atoms in total. The lowest BCUT2D eigenvalue weighted by atomic mass is 10.1. The van der Waals surface area contributed by atoms with Crippen molar-refractivity contribution in [3.05, 3.63) is 23.5 Å². The zero-order chi connectivity index (χ0) is 14.8. The maximum absolute atomic E-state index is 12.1. The molecule has 0 amide bonds. The SMILES string of the molecule is CN(C)S(=O)(=O)N1CCCC(Oc2ccncc2Cl)C1. The summed E-state index contributed by atoms with van der Waals surface area (Å²) < 4.78 is 32.7. The standard InChI is InChI=1S/C12H18ClN3O3S/c1-15(2)20(17,18)16-7-3-4-10(9-16)19-12-5-6-14-8-11(12)13/h5-6,8,10H,3-4,7,9H2,1-2H3. The minimum Gasteiger partial charge on any atom is -0.487 e. The van der Waals surface area contributed by atoms with Crippen molar-refractivity contribution in [1.29, 1.82) is 0 Å². The highest BCUT2D eigenvalue weighted by Gasteiger charge is 2.31.